The monoisotopic (exact) mass is 472 g/mol. The quantitative estimate of drug-likeness (QED) is 0.300. The number of anilines is 1. The van der Waals surface area contributed by atoms with E-state index in [9.17, 15) is 18.0 Å². The Labute approximate surface area is 198 Å². The highest BCUT2D eigenvalue weighted by atomic mass is 19.4. The highest BCUT2D eigenvalue weighted by Gasteiger charge is 2.35. The van der Waals surface area contributed by atoms with E-state index in [0.29, 0.717) is 5.69 Å². The summed E-state index contributed by atoms with van der Waals surface area (Å²) in [5.41, 5.74) is 4.41. The van der Waals surface area contributed by atoms with Crippen LogP contribution in [0.4, 0.5) is 18.9 Å². The summed E-state index contributed by atoms with van der Waals surface area (Å²) in [6, 6.07) is 21.4. The molecule has 1 amide bonds. The maximum atomic E-state index is 13.3. The number of carbonyl (C=O) groups excluding carboxylic acids is 1. The van der Waals surface area contributed by atoms with E-state index in [4.69, 9.17) is 4.98 Å². The van der Waals surface area contributed by atoms with Gasteiger partial charge in [-0.25, -0.2) is 4.98 Å². The molecule has 0 unspecified atom stereocenters. The van der Waals surface area contributed by atoms with E-state index in [-0.39, 0.29) is 0 Å². The van der Waals surface area contributed by atoms with Crippen molar-refractivity contribution in [1.82, 2.24) is 15.0 Å². The highest BCUT2D eigenvalue weighted by Crippen LogP contribution is 2.32. The molecule has 5 rings (SSSR count). The maximum absolute atomic E-state index is 13.3. The van der Waals surface area contributed by atoms with Crippen LogP contribution in [-0.4, -0.2) is 20.9 Å². The van der Waals surface area contributed by atoms with Gasteiger partial charge in [0.25, 0.3) is 5.91 Å². The summed E-state index contributed by atoms with van der Waals surface area (Å²) in [6.07, 6.45) is -2.73. The predicted molar refractivity (Wildman–Crippen MR) is 129 cm³/mol. The lowest BCUT2D eigenvalue weighted by molar-refractivity contribution is -0.138. The molecular weight excluding hydrogens is 453 g/mol. The fourth-order valence-corrected chi connectivity index (χ4v) is 3.93. The second-order valence-corrected chi connectivity index (χ2v) is 8.09. The number of rotatable bonds is 4. The second kappa shape index (κ2) is 8.72. The third-order valence-electron chi connectivity index (χ3n) is 5.70. The minimum Gasteiger partial charge on any atom is -0.338 e. The molecule has 2 N–H and O–H groups in total. The van der Waals surface area contributed by atoms with Crippen LogP contribution in [0.15, 0.2) is 85.2 Å². The summed E-state index contributed by atoms with van der Waals surface area (Å²) >= 11 is 0. The number of aromatic nitrogens is 3. The average Bonchev–Trinajstić information content (AvgIpc) is 3.30. The average molecular weight is 472 g/mol. The zero-order valence-corrected chi connectivity index (χ0v) is 18.5. The third kappa shape index (κ3) is 4.50. The Balaban J connectivity index is 1.38. The molecule has 0 radical (unpaired) electrons. The number of halogens is 3. The molecule has 2 heterocycles. The molecule has 0 aliphatic carbocycles. The number of nitrogens with one attached hydrogen (secondary N) is 2. The molecule has 2 aromatic heterocycles. The molecule has 35 heavy (non-hydrogen) atoms. The van der Waals surface area contributed by atoms with Crippen LogP contribution in [0.2, 0.25) is 0 Å². The number of carbonyl (C=O) groups is 1. The topological polar surface area (TPSA) is 70.7 Å². The number of alkyl halides is 3. The lowest BCUT2D eigenvalue weighted by Gasteiger charge is -2.13. The number of benzene rings is 3. The Hall–Kier alpha value is -4.46. The number of amides is 1. The number of para-hydroxylation sites is 1. The first-order chi connectivity index (χ1) is 16.8. The van der Waals surface area contributed by atoms with Gasteiger partial charge in [-0.2, -0.15) is 13.2 Å². The van der Waals surface area contributed by atoms with Crippen molar-refractivity contribution in [2.75, 3.05) is 5.32 Å². The number of hydrogen-bond acceptors (Lipinski definition) is 3. The number of imidazole rings is 1. The lowest BCUT2D eigenvalue weighted by Crippen LogP contribution is -2.19. The zero-order chi connectivity index (χ0) is 24.6. The minimum absolute atomic E-state index is 0.376. The Bertz CT molecular complexity index is 1540. The molecule has 0 spiro atoms. The van der Waals surface area contributed by atoms with Gasteiger partial charge in [-0.1, -0.05) is 48.5 Å². The van der Waals surface area contributed by atoms with Crippen LogP contribution < -0.4 is 5.32 Å². The summed E-state index contributed by atoms with van der Waals surface area (Å²) in [4.78, 5) is 24.3. The van der Waals surface area contributed by atoms with Crippen LogP contribution in [-0.2, 0) is 6.18 Å². The van der Waals surface area contributed by atoms with Crippen molar-refractivity contribution in [2.24, 2.45) is 0 Å². The van der Waals surface area contributed by atoms with Gasteiger partial charge in [0.1, 0.15) is 5.82 Å². The van der Waals surface area contributed by atoms with E-state index in [1.54, 1.807) is 18.2 Å². The van der Waals surface area contributed by atoms with Gasteiger partial charge in [-0.3, -0.25) is 9.78 Å². The number of aromatic amines is 1. The number of fused-ring (bicyclic) bond motifs is 1. The molecule has 0 bridgehead atoms. The minimum atomic E-state index is -4.66. The molecule has 5 nitrogen and oxygen atoms in total. The van der Waals surface area contributed by atoms with Gasteiger partial charge in [0.15, 0.2) is 0 Å². The number of nitrogens with zero attached hydrogens (tertiary/aromatic N) is 2. The standard InChI is InChI=1S/C27H19F3N4O/c1-16-4-2-7-23-24(16)34-25(33-23)18-10-8-17(9-11-18)19-5-3-6-20(14-19)32-26(35)21-15-31-13-12-22(21)27(28,29)30/h2-15H,1H3,(H,32,35)(H,33,34). The van der Waals surface area contributed by atoms with Gasteiger partial charge in [-0.05, 0) is 47.9 Å². The van der Waals surface area contributed by atoms with Crippen molar-refractivity contribution in [3.63, 3.8) is 0 Å². The molecule has 0 atom stereocenters. The molecule has 5 aromatic rings. The molecule has 0 saturated carbocycles. The van der Waals surface area contributed by atoms with Gasteiger partial charge in [-0.15, -0.1) is 0 Å². The van der Waals surface area contributed by atoms with E-state index in [1.165, 1.54) is 0 Å². The second-order valence-electron chi connectivity index (χ2n) is 8.09. The fraction of sp³-hybridized carbons (Fsp3) is 0.0741. The Morgan fingerprint density at radius 2 is 1.66 bits per heavy atom. The number of aryl methyl sites for hydroxylation is 1. The fourth-order valence-electron chi connectivity index (χ4n) is 3.93. The molecule has 174 valence electrons. The van der Waals surface area contributed by atoms with E-state index < -0.39 is 23.2 Å². The van der Waals surface area contributed by atoms with E-state index in [2.05, 4.69) is 15.3 Å². The van der Waals surface area contributed by atoms with Crippen LogP contribution in [0.3, 0.4) is 0 Å². The third-order valence-corrected chi connectivity index (χ3v) is 5.70. The van der Waals surface area contributed by atoms with Gasteiger partial charge in [0, 0.05) is 23.6 Å². The van der Waals surface area contributed by atoms with Crippen LogP contribution in [0.1, 0.15) is 21.5 Å². The van der Waals surface area contributed by atoms with E-state index in [0.717, 1.165) is 57.6 Å². The Morgan fingerprint density at radius 3 is 2.40 bits per heavy atom. The van der Waals surface area contributed by atoms with Crippen molar-refractivity contribution in [3.05, 3.63) is 102 Å². The van der Waals surface area contributed by atoms with Crippen LogP contribution in [0.25, 0.3) is 33.5 Å². The van der Waals surface area contributed by atoms with Crippen molar-refractivity contribution < 1.29 is 18.0 Å². The molecule has 0 fully saturated rings. The van der Waals surface area contributed by atoms with Crippen molar-refractivity contribution >= 4 is 22.6 Å². The smallest absolute Gasteiger partial charge is 0.338 e. The first-order valence-electron chi connectivity index (χ1n) is 10.8. The van der Waals surface area contributed by atoms with Crippen LogP contribution >= 0.6 is 0 Å². The van der Waals surface area contributed by atoms with Gasteiger partial charge >= 0.3 is 6.18 Å². The Kier molecular flexibility index (Phi) is 5.56. The van der Waals surface area contributed by atoms with Crippen molar-refractivity contribution in [2.45, 2.75) is 13.1 Å². The van der Waals surface area contributed by atoms with Crippen molar-refractivity contribution in [3.8, 4) is 22.5 Å². The van der Waals surface area contributed by atoms with Gasteiger partial charge < -0.3 is 10.3 Å². The summed E-state index contributed by atoms with van der Waals surface area (Å²) in [6.45, 7) is 2.01. The zero-order valence-electron chi connectivity index (χ0n) is 18.5. The van der Waals surface area contributed by atoms with E-state index in [1.807, 2.05) is 55.5 Å². The van der Waals surface area contributed by atoms with Crippen molar-refractivity contribution in [1.29, 1.82) is 0 Å². The Morgan fingerprint density at radius 1 is 0.914 bits per heavy atom. The molecule has 0 saturated heterocycles. The highest BCUT2D eigenvalue weighted by molar-refractivity contribution is 6.05. The molecule has 3 aromatic carbocycles. The first-order valence-corrected chi connectivity index (χ1v) is 10.8. The molecule has 8 heteroatoms. The first kappa shape index (κ1) is 22.3. The van der Waals surface area contributed by atoms with Gasteiger partial charge in [0.05, 0.1) is 22.2 Å². The number of H-pyrrole nitrogens is 1. The van der Waals surface area contributed by atoms with E-state index >= 15 is 0 Å². The van der Waals surface area contributed by atoms with Crippen LogP contribution in [0.5, 0.6) is 0 Å². The number of pyridine rings is 1. The summed E-state index contributed by atoms with van der Waals surface area (Å²) in [5.74, 6) is -0.114. The maximum Gasteiger partial charge on any atom is 0.417 e. The predicted octanol–water partition coefficient (Wildman–Crippen LogP) is 6.87. The largest absolute Gasteiger partial charge is 0.417 e. The summed E-state index contributed by atoms with van der Waals surface area (Å²) < 4.78 is 39.8. The summed E-state index contributed by atoms with van der Waals surface area (Å²) in [7, 11) is 0. The molecule has 0 aliphatic heterocycles. The summed E-state index contributed by atoms with van der Waals surface area (Å²) in [5, 5.41) is 2.54. The van der Waals surface area contributed by atoms with Gasteiger partial charge in [0.2, 0.25) is 0 Å². The molecule has 0 aliphatic rings. The SMILES string of the molecule is Cc1cccc2[nH]c(-c3ccc(-c4cccc(NC(=O)c5cnccc5C(F)(F)F)c4)cc3)nc12. The lowest BCUT2D eigenvalue weighted by atomic mass is 10.0. The normalized spacial score (nSPS) is 11.5. The number of hydrogen-bond donors (Lipinski definition) is 2. The molecular formula is C27H19F3N4O. The van der Waals surface area contributed by atoms with Crippen LogP contribution in [0, 0.1) is 6.92 Å².